The van der Waals surface area contributed by atoms with E-state index in [2.05, 4.69) is 5.32 Å². The van der Waals surface area contributed by atoms with Gasteiger partial charge in [0.05, 0.1) is 5.41 Å². The summed E-state index contributed by atoms with van der Waals surface area (Å²) >= 11 is 0. The van der Waals surface area contributed by atoms with Crippen LogP contribution in [0.4, 0.5) is 10.1 Å². The van der Waals surface area contributed by atoms with Gasteiger partial charge in [0.15, 0.2) is 6.61 Å². The molecule has 1 N–H and O–H groups in total. The van der Waals surface area contributed by atoms with Gasteiger partial charge in [-0.05, 0) is 80.5 Å². The fraction of sp³-hybridized carbons (Fsp3) is 0.579. The summed E-state index contributed by atoms with van der Waals surface area (Å²) in [6.07, 6.45) is 6.57. The van der Waals surface area contributed by atoms with Crippen LogP contribution in [-0.2, 0) is 14.3 Å². The molecule has 0 radical (unpaired) electrons. The third kappa shape index (κ3) is 2.92. The van der Waals surface area contributed by atoms with Gasteiger partial charge in [-0.15, -0.1) is 0 Å². The average molecular weight is 331 g/mol. The number of anilines is 1. The smallest absolute Gasteiger partial charge is 0.312 e. The predicted molar refractivity (Wildman–Crippen MR) is 86.6 cm³/mol. The van der Waals surface area contributed by atoms with Crippen LogP contribution < -0.4 is 5.32 Å². The Morgan fingerprint density at radius 1 is 1.04 bits per heavy atom. The molecule has 5 rings (SSSR count). The van der Waals surface area contributed by atoms with E-state index in [0.29, 0.717) is 23.4 Å². The molecule has 0 unspecified atom stereocenters. The van der Waals surface area contributed by atoms with E-state index in [0.717, 1.165) is 19.3 Å². The Kier molecular flexibility index (Phi) is 3.82. The standard InChI is InChI=1S/C19H22FNO3/c20-15-1-3-16(4-2-15)21-17(22)11-24-18(23)19-8-12-5-13(9-19)7-14(6-12)10-19/h1-4,12-14H,5-11H2,(H,21,22). The first kappa shape index (κ1) is 15.6. The van der Waals surface area contributed by atoms with Crippen LogP contribution in [0.15, 0.2) is 24.3 Å². The van der Waals surface area contributed by atoms with Gasteiger partial charge in [-0.2, -0.15) is 0 Å². The summed E-state index contributed by atoms with van der Waals surface area (Å²) in [6.45, 7) is -0.280. The van der Waals surface area contributed by atoms with Crippen LogP contribution in [0, 0.1) is 29.0 Å². The SMILES string of the molecule is O=C(COC(=O)C12CC3CC(CC(C3)C1)C2)Nc1ccc(F)cc1. The summed E-state index contributed by atoms with van der Waals surface area (Å²) in [5, 5.41) is 2.62. The summed E-state index contributed by atoms with van der Waals surface area (Å²) in [7, 11) is 0. The van der Waals surface area contributed by atoms with Crippen molar-refractivity contribution in [2.75, 3.05) is 11.9 Å². The third-order valence-electron chi connectivity index (χ3n) is 5.93. The summed E-state index contributed by atoms with van der Waals surface area (Å²) in [5.41, 5.74) is 0.150. The lowest BCUT2D eigenvalue weighted by Crippen LogP contribution is -2.50. The average Bonchev–Trinajstić information content (AvgIpc) is 2.53. The second-order valence-corrected chi connectivity index (χ2v) is 7.83. The highest BCUT2D eigenvalue weighted by molar-refractivity contribution is 5.93. The first-order chi connectivity index (χ1) is 11.5. The molecule has 0 aromatic heterocycles. The summed E-state index contributed by atoms with van der Waals surface area (Å²) in [5.74, 6) is 1.04. The lowest BCUT2D eigenvalue weighted by atomic mass is 9.49. The number of esters is 1. The molecule has 4 nitrogen and oxygen atoms in total. The van der Waals surface area contributed by atoms with E-state index < -0.39 is 0 Å². The lowest BCUT2D eigenvalue weighted by molar-refractivity contribution is -0.172. The number of rotatable bonds is 4. The molecule has 0 heterocycles. The van der Waals surface area contributed by atoms with Gasteiger partial charge in [0, 0.05) is 5.69 Å². The molecule has 1 amide bonds. The molecule has 0 atom stereocenters. The molecule has 24 heavy (non-hydrogen) atoms. The van der Waals surface area contributed by atoms with Crippen molar-refractivity contribution in [3.63, 3.8) is 0 Å². The molecule has 4 fully saturated rings. The molecule has 1 aromatic carbocycles. The minimum absolute atomic E-state index is 0.198. The highest BCUT2D eigenvalue weighted by atomic mass is 19.1. The first-order valence-electron chi connectivity index (χ1n) is 8.75. The van der Waals surface area contributed by atoms with Crippen molar-refractivity contribution >= 4 is 17.6 Å². The minimum Gasteiger partial charge on any atom is -0.455 e. The molecule has 5 heteroatoms. The van der Waals surface area contributed by atoms with Crippen molar-refractivity contribution in [2.24, 2.45) is 23.2 Å². The molecule has 1 aromatic rings. The Hall–Kier alpha value is -1.91. The number of ether oxygens (including phenoxy) is 1. The zero-order chi connectivity index (χ0) is 16.7. The Labute approximate surface area is 140 Å². The number of nitrogens with one attached hydrogen (secondary N) is 1. The van der Waals surface area contributed by atoms with Crippen molar-refractivity contribution in [1.82, 2.24) is 0 Å². The van der Waals surface area contributed by atoms with Crippen molar-refractivity contribution in [3.05, 3.63) is 30.1 Å². The Bertz CT molecular complexity index is 620. The number of hydrogen-bond donors (Lipinski definition) is 1. The van der Waals surface area contributed by atoms with Crippen LogP contribution in [0.5, 0.6) is 0 Å². The summed E-state index contributed by atoms with van der Waals surface area (Å²) in [4.78, 5) is 24.6. The maximum atomic E-state index is 12.9. The van der Waals surface area contributed by atoms with Crippen LogP contribution >= 0.6 is 0 Å². The highest BCUT2D eigenvalue weighted by Crippen LogP contribution is 2.60. The Morgan fingerprint density at radius 3 is 2.12 bits per heavy atom. The molecule has 4 saturated carbocycles. The van der Waals surface area contributed by atoms with E-state index in [1.54, 1.807) is 0 Å². The van der Waals surface area contributed by atoms with Crippen molar-refractivity contribution in [1.29, 1.82) is 0 Å². The van der Waals surface area contributed by atoms with Gasteiger partial charge < -0.3 is 10.1 Å². The van der Waals surface area contributed by atoms with Crippen molar-refractivity contribution < 1.29 is 18.7 Å². The number of halogens is 1. The summed E-state index contributed by atoms with van der Waals surface area (Å²) in [6, 6.07) is 5.51. The van der Waals surface area contributed by atoms with E-state index >= 15 is 0 Å². The van der Waals surface area contributed by atoms with Gasteiger partial charge in [0.25, 0.3) is 5.91 Å². The Balaban J connectivity index is 1.33. The van der Waals surface area contributed by atoms with E-state index in [1.165, 1.54) is 43.5 Å². The molecular weight excluding hydrogens is 309 g/mol. The highest BCUT2D eigenvalue weighted by Gasteiger charge is 2.55. The topological polar surface area (TPSA) is 55.4 Å². The quantitative estimate of drug-likeness (QED) is 0.859. The molecule has 0 saturated heterocycles. The van der Waals surface area contributed by atoms with Gasteiger partial charge >= 0.3 is 5.97 Å². The number of carbonyl (C=O) groups excluding carboxylic acids is 2. The van der Waals surface area contributed by atoms with Crippen LogP contribution in [0.3, 0.4) is 0 Å². The van der Waals surface area contributed by atoms with Crippen LogP contribution in [0.2, 0.25) is 0 Å². The summed E-state index contributed by atoms with van der Waals surface area (Å²) < 4.78 is 18.2. The maximum absolute atomic E-state index is 12.9. The normalized spacial score (nSPS) is 33.3. The number of hydrogen-bond acceptors (Lipinski definition) is 3. The fourth-order valence-electron chi connectivity index (χ4n) is 5.38. The third-order valence-corrected chi connectivity index (χ3v) is 5.93. The van der Waals surface area contributed by atoms with Crippen LogP contribution in [0.1, 0.15) is 38.5 Å². The van der Waals surface area contributed by atoms with Crippen LogP contribution in [-0.4, -0.2) is 18.5 Å². The number of amides is 1. The molecule has 4 bridgehead atoms. The van der Waals surface area contributed by atoms with E-state index in [4.69, 9.17) is 4.74 Å². The number of carbonyl (C=O) groups is 2. The molecule has 4 aliphatic carbocycles. The predicted octanol–water partition coefficient (Wildman–Crippen LogP) is 3.52. The minimum atomic E-state index is -0.389. The zero-order valence-corrected chi connectivity index (χ0v) is 13.6. The molecule has 4 aliphatic rings. The second kappa shape index (κ2) is 5.87. The van der Waals surface area contributed by atoms with E-state index in [1.807, 2.05) is 0 Å². The molecular formula is C19H22FNO3. The zero-order valence-electron chi connectivity index (χ0n) is 13.6. The first-order valence-corrected chi connectivity index (χ1v) is 8.75. The molecule has 128 valence electrons. The molecule has 0 aliphatic heterocycles. The lowest BCUT2D eigenvalue weighted by Gasteiger charge is -2.55. The van der Waals surface area contributed by atoms with E-state index in [9.17, 15) is 14.0 Å². The monoisotopic (exact) mass is 331 g/mol. The second-order valence-electron chi connectivity index (χ2n) is 7.83. The van der Waals surface area contributed by atoms with Gasteiger partial charge in [0.2, 0.25) is 0 Å². The van der Waals surface area contributed by atoms with E-state index in [-0.39, 0.29) is 29.7 Å². The fourth-order valence-corrected chi connectivity index (χ4v) is 5.38. The number of benzene rings is 1. The van der Waals surface area contributed by atoms with Crippen LogP contribution in [0.25, 0.3) is 0 Å². The Morgan fingerprint density at radius 2 is 1.58 bits per heavy atom. The van der Waals surface area contributed by atoms with Gasteiger partial charge in [0.1, 0.15) is 5.82 Å². The van der Waals surface area contributed by atoms with Crippen molar-refractivity contribution in [2.45, 2.75) is 38.5 Å². The molecule has 0 spiro atoms. The van der Waals surface area contributed by atoms with Gasteiger partial charge in [-0.25, -0.2) is 4.39 Å². The van der Waals surface area contributed by atoms with Crippen molar-refractivity contribution in [3.8, 4) is 0 Å². The largest absolute Gasteiger partial charge is 0.455 e. The van der Waals surface area contributed by atoms with Gasteiger partial charge in [-0.1, -0.05) is 0 Å². The maximum Gasteiger partial charge on any atom is 0.312 e. The van der Waals surface area contributed by atoms with Gasteiger partial charge in [-0.3, -0.25) is 9.59 Å².